The Morgan fingerprint density at radius 3 is 1.24 bits per heavy atom. The van der Waals surface area contributed by atoms with E-state index in [2.05, 4.69) is 37.2 Å². The number of carbonyl (C=O) groups is 7. The van der Waals surface area contributed by atoms with Crippen LogP contribution in [0.1, 0.15) is 160 Å². The molecule has 19 atom stereocenters. The molecule has 0 aliphatic carbocycles. The quantitative estimate of drug-likeness (QED) is 0.0409. The molecule has 0 aromatic heterocycles. The van der Waals surface area contributed by atoms with Gasteiger partial charge in [-0.2, -0.15) is 0 Å². The zero-order chi connectivity index (χ0) is 81.4. The molecule has 6 rings (SSSR count). The zero-order valence-corrected chi connectivity index (χ0v) is 66.1. The molecule has 37 heteroatoms. The Balaban J connectivity index is 0.000000633. The van der Waals surface area contributed by atoms with E-state index in [0.717, 1.165) is 51.4 Å². The number of nitrogens with one attached hydrogen (secondary N) is 7. The monoisotopic (exact) mass is 1500 g/mol. The number of hydrogen-bond acceptors (Lipinski definition) is 24. The lowest BCUT2D eigenvalue weighted by molar-refractivity contribution is -0.150. The van der Waals surface area contributed by atoms with E-state index in [4.69, 9.17) is 31.8 Å². The van der Waals surface area contributed by atoms with Gasteiger partial charge in [0.1, 0.15) is 35.2 Å². The number of carbonyl (C=O) groups excluding carboxylic acids is 1. The van der Waals surface area contributed by atoms with Crippen LogP contribution in [-0.4, -0.2) is 270 Å². The highest BCUT2D eigenvalue weighted by Gasteiger charge is 2.59. The summed E-state index contributed by atoms with van der Waals surface area (Å²) in [5.74, 6) is -5.55. The summed E-state index contributed by atoms with van der Waals surface area (Å²) < 4.78 is 0. The third-order valence-electron chi connectivity index (χ3n) is 24.3. The van der Waals surface area contributed by atoms with Crippen molar-refractivity contribution in [3.63, 3.8) is 0 Å². The largest absolute Gasteiger partial charge is 0.480 e. The Bertz CT molecular complexity index is 2640. The normalized spacial score (nSPS) is 33.8. The molecule has 0 radical (unpaired) electrons. The molecule has 0 aromatic rings. The van der Waals surface area contributed by atoms with Crippen LogP contribution in [0.25, 0.3) is 0 Å². The Hall–Kier alpha value is -4.00. The van der Waals surface area contributed by atoms with Crippen molar-refractivity contribution in [1.29, 1.82) is 0 Å². The third-order valence-corrected chi connectivity index (χ3v) is 24.3. The summed E-state index contributed by atoms with van der Waals surface area (Å²) in [7, 11) is 0. The molecule has 26 N–H and O–H groups in total. The Labute approximate surface area is 626 Å². The summed E-state index contributed by atoms with van der Waals surface area (Å²) in [6.07, 6.45) is 11.3. The molecule has 6 aliphatic rings. The van der Waals surface area contributed by atoms with E-state index >= 15 is 0 Å². The number of β-amino-alcohol motifs (C(OH)–C–C–N with tert-alkyl or cyclic N) is 2. The number of aliphatic carboxylic acids is 6. The molecule has 604 valence electrons. The van der Waals surface area contributed by atoms with E-state index in [1.165, 1.54) is 0 Å². The van der Waals surface area contributed by atoms with E-state index in [0.29, 0.717) is 103 Å². The summed E-state index contributed by atoms with van der Waals surface area (Å²) in [4.78, 5) is 79.8. The van der Waals surface area contributed by atoms with Gasteiger partial charge in [0.2, 0.25) is 5.91 Å². The van der Waals surface area contributed by atoms with Crippen LogP contribution in [0.4, 0.5) is 0 Å². The van der Waals surface area contributed by atoms with Gasteiger partial charge in [-0.05, 0) is 122 Å². The number of rotatable bonds is 33. The van der Waals surface area contributed by atoms with E-state index in [1.807, 2.05) is 34.6 Å². The van der Waals surface area contributed by atoms with Gasteiger partial charge in [-0.25, -0.2) is 0 Å². The molecule has 6 fully saturated rings. The molecule has 1 amide bonds. The minimum absolute atomic E-state index is 0.0149. The number of nitrogens with two attached hydrogens (primary N) is 2. The molecule has 6 heterocycles. The van der Waals surface area contributed by atoms with Gasteiger partial charge < -0.3 is 114 Å². The number of aliphatic hydroxyl groups excluding tert-OH is 3. The maximum atomic E-state index is 12.2. The van der Waals surface area contributed by atoms with Gasteiger partial charge in [0.25, 0.3) is 41.5 Å². The van der Waals surface area contributed by atoms with E-state index in [-0.39, 0.29) is 69.9 Å². The topological polar surface area (TPSA) is 559 Å². The third kappa shape index (κ3) is 27.5. The van der Waals surface area contributed by atoms with Crippen molar-refractivity contribution in [2.24, 2.45) is 49.9 Å². The van der Waals surface area contributed by atoms with Crippen LogP contribution in [0.3, 0.4) is 0 Å². The molecule has 6 saturated heterocycles. The number of carboxylic acid groups (broad SMARTS) is 6. The lowest BCUT2D eigenvalue weighted by Crippen LogP contribution is -2.56. The maximum Gasteiger partial charge on any atom is 0.324 e. The molecule has 31 nitrogen and oxygen atoms in total. The van der Waals surface area contributed by atoms with Gasteiger partial charge in [0.15, 0.2) is 0 Å². The highest BCUT2D eigenvalue weighted by atomic mass is 16.4. The maximum absolute atomic E-state index is 12.2. The summed E-state index contributed by atoms with van der Waals surface area (Å²) in [6.45, 7) is 30.6. The first-order valence-electron chi connectivity index (χ1n) is 38.0. The summed E-state index contributed by atoms with van der Waals surface area (Å²) in [5, 5.41) is 161. The van der Waals surface area contributed by atoms with Gasteiger partial charge in [-0.3, -0.25) is 44.2 Å². The second-order valence-corrected chi connectivity index (χ2v) is 33.5. The first-order valence-corrected chi connectivity index (χ1v) is 38.0. The van der Waals surface area contributed by atoms with Crippen molar-refractivity contribution in [3.05, 3.63) is 0 Å². The van der Waals surface area contributed by atoms with Crippen molar-refractivity contribution in [2.45, 2.75) is 316 Å². The average molecular weight is 1500 g/mol. The summed E-state index contributed by atoms with van der Waals surface area (Å²) in [5.41, 5.74) is 6.66. The number of aliphatic hydroxyl groups is 3. The first kappa shape index (κ1) is 99.0. The molecule has 0 spiro atoms. The average Bonchev–Trinajstić information content (AvgIpc) is 1.61. The van der Waals surface area contributed by atoms with Crippen LogP contribution in [0, 0.1) is 38.4 Å². The van der Waals surface area contributed by atoms with Crippen molar-refractivity contribution >= 4 is 83.2 Å². The first-order chi connectivity index (χ1) is 48.2. The summed E-state index contributed by atoms with van der Waals surface area (Å²) >= 11 is 0. The fraction of sp³-hybridized carbons (Fsp3) is 0.897. The van der Waals surface area contributed by atoms with Crippen LogP contribution >= 0.6 is 0 Å². The lowest BCUT2D eigenvalue weighted by atomic mass is 9.62. The molecule has 19 unspecified atom stereocenters. The lowest BCUT2D eigenvalue weighted by Gasteiger charge is -2.39. The van der Waals surface area contributed by atoms with Crippen molar-refractivity contribution in [2.75, 3.05) is 32.7 Å². The van der Waals surface area contributed by atoms with Crippen molar-refractivity contribution in [1.82, 2.24) is 37.2 Å². The second kappa shape index (κ2) is 43.6. The predicted octanol–water partition coefficient (Wildman–Crippen LogP) is 1.09. The number of carboxylic acids is 6. The Morgan fingerprint density at radius 2 is 0.829 bits per heavy atom. The Morgan fingerprint density at radius 1 is 0.467 bits per heavy atom. The molecular formula is C68H137B6N9O22. The van der Waals surface area contributed by atoms with E-state index < -0.39 is 129 Å². The van der Waals surface area contributed by atoms with Crippen LogP contribution in [-0.2, 0) is 33.6 Å². The highest BCUT2D eigenvalue weighted by molar-refractivity contribution is 6.50. The molecule has 0 bridgehead atoms. The molecular weight excluding hydrogens is 1360 g/mol. The van der Waals surface area contributed by atoms with Gasteiger partial charge >= 0.3 is 35.8 Å². The SMILES string of the molecule is CB(O)CCCC1(C)C(C(=O)O)NC(C)C1O.CB(O)CCCC1(C)C(N)CNC1C(=O)O.CB(O)CCCC1(C)C(NC(=O)C(N)C(C)C)CNC1C(=O)O.CB(O)CCCC1(C)C(O)CNC1(C)C(=O)O.CB(O)CCCC1(C)C(O)CNC1C(=O)O.CB(O)CCCC1(C)CCNC1(C)C(=O)O. The van der Waals surface area contributed by atoms with Crippen LogP contribution < -0.4 is 48.7 Å². The molecule has 6 aliphatic heterocycles. The van der Waals surface area contributed by atoms with Gasteiger partial charge in [0.05, 0.1) is 24.4 Å². The van der Waals surface area contributed by atoms with Gasteiger partial charge in [-0.15, -0.1) is 0 Å². The molecule has 105 heavy (non-hydrogen) atoms. The van der Waals surface area contributed by atoms with E-state index in [1.54, 1.807) is 82.5 Å². The van der Waals surface area contributed by atoms with E-state index in [9.17, 15) is 89.3 Å². The minimum atomic E-state index is -1.11. The van der Waals surface area contributed by atoms with Gasteiger partial charge in [0, 0.05) is 71.4 Å². The molecule has 0 saturated carbocycles. The van der Waals surface area contributed by atoms with Crippen molar-refractivity contribution < 1.29 is 110 Å². The van der Waals surface area contributed by atoms with Crippen LogP contribution in [0.2, 0.25) is 78.9 Å². The second-order valence-electron chi connectivity index (χ2n) is 33.5. The number of hydrogen-bond donors (Lipinski definition) is 24. The highest BCUT2D eigenvalue weighted by Crippen LogP contribution is 2.46. The smallest absolute Gasteiger partial charge is 0.324 e. The minimum Gasteiger partial charge on any atom is -0.480 e. The fourth-order valence-corrected chi connectivity index (χ4v) is 15.7. The van der Waals surface area contributed by atoms with Crippen molar-refractivity contribution in [3.8, 4) is 0 Å². The summed E-state index contributed by atoms with van der Waals surface area (Å²) in [6, 6.07) is -3.97. The molecule has 0 aromatic carbocycles. The van der Waals surface area contributed by atoms with Crippen LogP contribution in [0.15, 0.2) is 0 Å². The Kier molecular flexibility index (Phi) is 41.1. The predicted molar refractivity (Wildman–Crippen MR) is 412 cm³/mol. The standard InChI is InChI=1S/C15H30BN3O4.2C11H22BNO4.C11H22BNO3.C10H21BN2O3.C10H20BNO4/c1-9(2)11(17)13(20)19-10-8-18-12(14(21)22)15(10,3)6-5-7-16(4)23;1-10(5-4-6-12(3)17)8(14)7-13-11(10,2)9(15)16;1-7-9(14)11(2,5-4-6-12(3)17)8(13-7)10(15)16;1-10(5-4-7-12(3)16)6-8-13-11(10,2)9(14)15;1-10(4-3-5-11(2)16)7(12)6-13-8(10)9(14)15;1-10(4-3-5-11(2)16)7(13)6-12-8(10)9(14)15/h9-12,18,23H,5-8,17H2,1-4H3,(H,19,20)(H,21,22);8,13-14,17H,4-7H2,1-3H3,(H,15,16);7-9,13-14,17H,4-6H2,1-3H3,(H,15,16);13,16H,4-8H2,1-3H3,(H,14,15);7-8,13,16H,3-6,12H2,1-2H3,(H,14,15);7-8,12-13,16H,3-6H2,1-2H3,(H,14,15). The fourth-order valence-electron chi connectivity index (χ4n) is 15.7. The van der Waals surface area contributed by atoms with Crippen LogP contribution in [0.5, 0.6) is 0 Å². The number of amides is 1. The van der Waals surface area contributed by atoms with Gasteiger partial charge in [-0.1, -0.05) is 135 Å². The zero-order valence-electron chi connectivity index (χ0n) is 66.1.